The molecule has 0 amide bonds. The van der Waals surface area contributed by atoms with Crippen LogP contribution in [0.15, 0.2) is 0 Å². The first-order valence-corrected chi connectivity index (χ1v) is 4.36. The fourth-order valence-electron chi connectivity index (χ4n) is 2.33. The van der Waals surface area contributed by atoms with Crippen LogP contribution in [-0.4, -0.2) is 37.1 Å². The molecule has 0 aromatic rings. The zero-order chi connectivity index (χ0) is 6.97. The highest BCUT2D eigenvalue weighted by Gasteiger charge is 2.36. The van der Waals surface area contributed by atoms with Gasteiger partial charge in [-0.25, -0.2) is 0 Å². The van der Waals surface area contributed by atoms with E-state index in [-0.39, 0.29) is 0 Å². The van der Waals surface area contributed by atoms with Gasteiger partial charge in [0.05, 0.1) is 0 Å². The van der Waals surface area contributed by atoms with Gasteiger partial charge in [-0.05, 0) is 32.0 Å². The highest BCUT2D eigenvalue weighted by Crippen LogP contribution is 2.26. The van der Waals surface area contributed by atoms with E-state index in [0.717, 1.165) is 12.0 Å². The Morgan fingerprint density at radius 2 is 2.40 bits per heavy atom. The van der Waals surface area contributed by atoms with Crippen molar-refractivity contribution in [2.24, 2.45) is 5.92 Å². The second-order valence-corrected chi connectivity index (χ2v) is 3.40. The lowest BCUT2D eigenvalue weighted by Gasteiger charge is -2.20. The molecule has 2 heterocycles. The van der Waals surface area contributed by atoms with Crippen LogP contribution < -0.4 is 5.32 Å². The van der Waals surface area contributed by atoms with Gasteiger partial charge in [0.15, 0.2) is 0 Å². The van der Waals surface area contributed by atoms with E-state index in [0.29, 0.717) is 0 Å². The van der Waals surface area contributed by atoms with Crippen molar-refractivity contribution in [2.75, 3.05) is 26.2 Å². The number of nitrogens with zero attached hydrogens (tertiary/aromatic N) is 1. The first-order chi connectivity index (χ1) is 4.92. The lowest BCUT2D eigenvalue weighted by molar-refractivity contribution is 0.266. The predicted octanol–water partition coefficient (Wildman–Crippen LogP) is 0.300. The molecule has 2 saturated heterocycles. The molecule has 0 radical (unpaired) electrons. The van der Waals surface area contributed by atoms with E-state index < -0.39 is 0 Å². The zero-order valence-electron chi connectivity index (χ0n) is 6.64. The summed E-state index contributed by atoms with van der Waals surface area (Å²) in [5.41, 5.74) is 0. The van der Waals surface area contributed by atoms with Crippen molar-refractivity contribution in [3.8, 4) is 0 Å². The highest BCUT2D eigenvalue weighted by molar-refractivity contribution is 4.93. The first kappa shape index (κ1) is 6.62. The molecule has 2 atom stereocenters. The maximum Gasteiger partial charge on any atom is 0.0261 e. The monoisotopic (exact) mass is 140 g/mol. The third kappa shape index (κ3) is 0.867. The molecule has 0 aromatic carbocycles. The summed E-state index contributed by atoms with van der Waals surface area (Å²) in [6.45, 7) is 7.34. The summed E-state index contributed by atoms with van der Waals surface area (Å²) in [6, 6.07) is 0.880. The zero-order valence-corrected chi connectivity index (χ0v) is 6.64. The Morgan fingerprint density at radius 1 is 1.50 bits per heavy atom. The molecule has 2 heteroatoms. The summed E-state index contributed by atoms with van der Waals surface area (Å²) in [4.78, 5) is 2.60. The van der Waals surface area contributed by atoms with Crippen LogP contribution in [-0.2, 0) is 0 Å². The molecule has 2 unspecified atom stereocenters. The predicted molar refractivity (Wildman–Crippen MR) is 42.0 cm³/mol. The minimum absolute atomic E-state index is 0.880. The summed E-state index contributed by atoms with van der Waals surface area (Å²) in [5, 5.41) is 3.45. The van der Waals surface area contributed by atoms with Gasteiger partial charge in [0, 0.05) is 12.6 Å². The van der Waals surface area contributed by atoms with E-state index in [2.05, 4.69) is 17.1 Å². The van der Waals surface area contributed by atoms with E-state index in [1.807, 2.05) is 0 Å². The Bertz CT molecular complexity index is 124. The van der Waals surface area contributed by atoms with Crippen LogP contribution >= 0.6 is 0 Å². The molecular weight excluding hydrogens is 124 g/mol. The molecule has 58 valence electrons. The van der Waals surface area contributed by atoms with Gasteiger partial charge in [-0.1, -0.05) is 6.92 Å². The fourth-order valence-corrected chi connectivity index (χ4v) is 2.33. The first-order valence-electron chi connectivity index (χ1n) is 4.36. The Labute approximate surface area is 62.6 Å². The fraction of sp³-hybridized carbons (Fsp3) is 1.00. The van der Waals surface area contributed by atoms with E-state index in [1.165, 1.54) is 32.6 Å². The molecule has 10 heavy (non-hydrogen) atoms. The number of nitrogens with one attached hydrogen (secondary N) is 1. The topological polar surface area (TPSA) is 15.3 Å². The normalized spacial score (nSPS) is 40.5. The van der Waals surface area contributed by atoms with Crippen LogP contribution in [0.4, 0.5) is 0 Å². The number of hydrogen-bond donors (Lipinski definition) is 1. The SMILES string of the molecule is CCN1CCC2CNCC21. The van der Waals surface area contributed by atoms with Crippen molar-refractivity contribution in [3.05, 3.63) is 0 Å². The minimum Gasteiger partial charge on any atom is -0.315 e. The van der Waals surface area contributed by atoms with Crippen molar-refractivity contribution in [3.63, 3.8) is 0 Å². The van der Waals surface area contributed by atoms with Crippen molar-refractivity contribution in [2.45, 2.75) is 19.4 Å². The maximum atomic E-state index is 3.45. The molecule has 2 aliphatic rings. The molecule has 0 aromatic heterocycles. The number of fused-ring (bicyclic) bond motifs is 1. The Kier molecular flexibility index (Phi) is 1.66. The molecule has 0 spiro atoms. The smallest absolute Gasteiger partial charge is 0.0261 e. The molecule has 1 N–H and O–H groups in total. The Hall–Kier alpha value is -0.0800. The summed E-state index contributed by atoms with van der Waals surface area (Å²) >= 11 is 0. The number of likely N-dealkylation sites (N-methyl/N-ethyl adjacent to an activating group) is 1. The Morgan fingerprint density at radius 3 is 3.20 bits per heavy atom. The average molecular weight is 140 g/mol. The van der Waals surface area contributed by atoms with Gasteiger partial charge < -0.3 is 5.32 Å². The van der Waals surface area contributed by atoms with Crippen molar-refractivity contribution in [1.82, 2.24) is 10.2 Å². The summed E-state index contributed by atoms with van der Waals surface area (Å²) in [5.74, 6) is 0.972. The lowest BCUT2D eigenvalue weighted by Crippen LogP contribution is -2.33. The van der Waals surface area contributed by atoms with E-state index in [4.69, 9.17) is 0 Å². The van der Waals surface area contributed by atoms with Crippen LogP contribution in [0, 0.1) is 5.92 Å². The Balaban J connectivity index is 2.01. The second-order valence-electron chi connectivity index (χ2n) is 3.40. The molecule has 2 fully saturated rings. The maximum absolute atomic E-state index is 3.45. The average Bonchev–Trinajstić information content (AvgIpc) is 2.44. The van der Waals surface area contributed by atoms with Crippen LogP contribution in [0.25, 0.3) is 0 Å². The summed E-state index contributed by atoms with van der Waals surface area (Å²) in [6.07, 6.45) is 1.42. The number of hydrogen-bond acceptors (Lipinski definition) is 2. The van der Waals surface area contributed by atoms with Crippen LogP contribution in [0.1, 0.15) is 13.3 Å². The van der Waals surface area contributed by atoms with Gasteiger partial charge in [-0.2, -0.15) is 0 Å². The van der Waals surface area contributed by atoms with Gasteiger partial charge >= 0.3 is 0 Å². The van der Waals surface area contributed by atoms with Crippen LogP contribution in [0.2, 0.25) is 0 Å². The minimum atomic E-state index is 0.880. The standard InChI is InChI=1S/C8H16N2/c1-2-10-4-3-7-5-9-6-8(7)10/h7-9H,2-6H2,1H3. The van der Waals surface area contributed by atoms with Crippen molar-refractivity contribution < 1.29 is 0 Å². The number of likely N-dealkylation sites (tertiary alicyclic amines) is 1. The molecule has 0 saturated carbocycles. The number of rotatable bonds is 1. The van der Waals surface area contributed by atoms with Gasteiger partial charge in [0.25, 0.3) is 0 Å². The molecule has 2 nitrogen and oxygen atoms in total. The van der Waals surface area contributed by atoms with Crippen LogP contribution in [0.3, 0.4) is 0 Å². The van der Waals surface area contributed by atoms with Gasteiger partial charge in [-0.15, -0.1) is 0 Å². The molecule has 2 rings (SSSR count). The summed E-state index contributed by atoms with van der Waals surface area (Å²) < 4.78 is 0. The third-order valence-corrected chi connectivity index (χ3v) is 2.97. The highest BCUT2D eigenvalue weighted by atomic mass is 15.2. The molecular formula is C8H16N2. The van der Waals surface area contributed by atoms with E-state index >= 15 is 0 Å². The largest absolute Gasteiger partial charge is 0.315 e. The summed E-state index contributed by atoms with van der Waals surface area (Å²) in [7, 11) is 0. The van der Waals surface area contributed by atoms with Crippen molar-refractivity contribution >= 4 is 0 Å². The van der Waals surface area contributed by atoms with Crippen molar-refractivity contribution in [1.29, 1.82) is 0 Å². The molecule has 0 bridgehead atoms. The lowest BCUT2D eigenvalue weighted by atomic mass is 10.1. The van der Waals surface area contributed by atoms with Gasteiger partial charge in [-0.3, -0.25) is 4.90 Å². The third-order valence-electron chi connectivity index (χ3n) is 2.97. The molecule has 2 aliphatic heterocycles. The quantitative estimate of drug-likeness (QED) is 0.563. The van der Waals surface area contributed by atoms with E-state index in [1.54, 1.807) is 0 Å². The van der Waals surface area contributed by atoms with Crippen LogP contribution in [0.5, 0.6) is 0 Å². The van der Waals surface area contributed by atoms with Gasteiger partial charge in [0.1, 0.15) is 0 Å². The van der Waals surface area contributed by atoms with E-state index in [9.17, 15) is 0 Å². The van der Waals surface area contributed by atoms with Gasteiger partial charge in [0.2, 0.25) is 0 Å². The second kappa shape index (κ2) is 2.51. The molecule has 0 aliphatic carbocycles.